The maximum atomic E-state index is 14.3. The van der Waals surface area contributed by atoms with Crippen LogP contribution in [0.25, 0.3) is 0 Å². The Bertz CT molecular complexity index is 1220. The van der Waals surface area contributed by atoms with Gasteiger partial charge in [-0.15, -0.1) is 11.8 Å². The van der Waals surface area contributed by atoms with Crippen LogP contribution in [-0.2, 0) is 11.3 Å². The van der Waals surface area contributed by atoms with Crippen molar-refractivity contribution >= 4 is 35.0 Å². The number of anilines is 2. The number of hydrogen-bond donors (Lipinski definition) is 1. The summed E-state index contributed by atoms with van der Waals surface area (Å²) in [5.74, 6) is 0.0864. The van der Waals surface area contributed by atoms with Gasteiger partial charge in [-0.1, -0.05) is 36.4 Å². The Balaban J connectivity index is 1.27. The first-order valence-corrected chi connectivity index (χ1v) is 13.0. The van der Waals surface area contributed by atoms with Gasteiger partial charge in [-0.25, -0.2) is 4.39 Å². The summed E-state index contributed by atoms with van der Waals surface area (Å²) in [4.78, 5) is 30.6. The number of carbonyl (C=O) groups excluding carboxylic acids is 2. The molecule has 5 rings (SSSR count). The second kappa shape index (κ2) is 10.5. The summed E-state index contributed by atoms with van der Waals surface area (Å²) >= 11 is 1.45. The molecule has 180 valence electrons. The predicted molar refractivity (Wildman–Crippen MR) is 138 cm³/mol. The minimum atomic E-state index is -0.342. The van der Waals surface area contributed by atoms with E-state index < -0.39 is 0 Å². The third-order valence-corrected chi connectivity index (χ3v) is 7.69. The molecule has 0 radical (unpaired) electrons. The summed E-state index contributed by atoms with van der Waals surface area (Å²) in [5, 5.41) is 3.10. The van der Waals surface area contributed by atoms with Crippen molar-refractivity contribution in [2.24, 2.45) is 5.92 Å². The van der Waals surface area contributed by atoms with Crippen LogP contribution in [0, 0.1) is 11.7 Å². The Kier molecular flexibility index (Phi) is 7.04. The molecular weight excluding hydrogens is 461 g/mol. The summed E-state index contributed by atoms with van der Waals surface area (Å²) in [5.41, 5.74) is 2.84. The van der Waals surface area contributed by atoms with Crippen LogP contribution in [0.15, 0.2) is 77.7 Å². The third-order valence-electron chi connectivity index (χ3n) is 6.64. The van der Waals surface area contributed by atoms with Gasteiger partial charge in [0.25, 0.3) is 5.91 Å². The monoisotopic (exact) mass is 489 g/mol. The minimum Gasteiger partial charge on any atom is -0.371 e. The van der Waals surface area contributed by atoms with Gasteiger partial charge in [0.1, 0.15) is 5.82 Å². The van der Waals surface area contributed by atoms with Gasteiger partial charge in [0.05, 0.1) is 18.0 Å². The number of rotatable bonds is 6. The van der Waals surface area contributed by atoms with Crippen LogP contribution in [0.3, 0.4) is 0 Å². The number of piperidine rings is 1. The molecule has 7 heteroatoms. The van der Waals surface area contributed by atoms with E-state index in [1.165, 1.54) is 23.5 Å². The number of halogens is 1. The lowest BCUT2D eigenvalue weighted by Crippen LogP contribution is -2.41. The second-order valence-electron chi connectivity index (χ2n) is 9.04. The fraction of sp³-hybridized carbons (Fsp3) is 0.286. The first-order chi connectivity index (χ1) is 17.1. The lowest BCUT2D eigenvalue weighted by Gasteiger charge is -2.34. The molecule has 35 heavy (non-hydrogen) atoms. The molecule has 2 aliphatic heterocycles. The van der Waals surface area contributed by atoms with Crippen LogP contribution < -0.4 is 15.1 Å². The molecule has 1 N–H and O–H groups in total. The number of amides is 2. The summed E-state index contributed by atoms with van der Waals surface area (Å²) in [7, 11) is 0. The van der Waals surface area contributed by atoms with E-state index in [0.29, 0.717) is 35.0 Å². The van der Waals surface area contributed by atoms with Gasteiger partial charge in [-0.3, -0.25) is 9.59 Å². The number of nitrogens with one attached hydrogen (secondary N) is 1. The van der Waals surface area contributed by atoms with E-state index in [4.69, 9.17) is 0 Å². The van der Waals surface area contributed by atoms with Crippen LogP contribution in [-0.4, -0.2) is 37.2 Å². The molecule has 1 saturated heterocycles. The van der Waals surface area contributed by atoms with Crippen LogP contribution >= 0.6 is 11.8 Å². The van der Waals surface area contributed by atoms with Crippen LogP contribution in [0.5, 0.6) is 0 Å². The lowest BCUT2D eigenvalue weighted by molar-refractivity contribution is -0.116. The largest absolute Gasteiger partial charge is 0.371 e. The van der Waals surface area contributed by atoms with Crippen LogP contribution in [0.1, 0.15) is 28.8 Å². The molecule has 0 saturated carbocycles. The SMILES string of the molecule is O=C(NCC1CCCN(c2ccccc2)C1)c1ccc2c(c1)N(Cc1ccccc1F)C(=O)CS2. The zero-order valence-electron chi connectivity index (χ0n) is 19.5. The lowest BCUT2D eigenvalue weighted by atomic mass is 9.97. The van der Waals surface area contributed by atoms with E-state index in [1.54, 1.807) is 35.2 Å². The van der Waals surface area contributed by atoms with E-state index in [2.05, 4.69) is 34.5 Å². The average molecular weight is 490 g/mol. The minimum absolute atomic E-state index is 0.0912. The highest BCUT2D eigenvalue weighted by atomic mass is 32.2. The highest BCUT2D eigenvalue weighted by molar-refractivity contribution is 8.00. The zero-order valence-corrected chi connectivity index (χ0v) is 20.3. The number of para-hydroxylation sites is 1. The van der Waals surface area contributed by atoms with Gasteiger partial charge in [0, 0.05) is 41.3 Å². The average Bonchev–Trinajstić information content (AvgIpc) is 2.90. The van der Waals surface area contributed by atoms with Gasteiger partial charge in [0.2, 0.25) is 5.91 Å². The Labute approximate surface area is 209 Å². The molecule has 2 heterocycles. The van der Waals surface area contributed by atoms with Gasteiger partial charge in [-0.05, 0) is 55.2 Å². The van der Waals surface area contributed by atoms with Gasteiger partial charge < -0.3 is 15.1 Å². The number of fused-ring (bicyclic) bond motifs is 1. The second-order valence-corrected chi connectivity index (χ2v) is 10.1. The summed E-state index contributed by atoms with van der Waals surface area (Å²) in [6, 6.07) is 22.3. The molecule has 0 aliphatic carbocycles. The Morgan fingerprint density at radius 3 is 2.69 bits per heavy atom. The molecule has 3 aromatic rings. The number of nitrogens with zero attached hydrogens (tertiary/aromatic N) is 2. The number of benzene rings is 3. The predicted octanol–water partition coefficient (Wildman–Crippen LogP) is 5.11. The van der Waals surface area contributed by atoms with Crippen molar-refractivity contribution in [2.45, 2.75) is 24.3 Å². The summed E-state index contributed by atoms with van der Waals surface area (Å²) < 4.78 is 14.3. The van der Waals surface area contributed by atoms with Crippen LogP contribution in [0.2, 0.25) is 0 Å². The standard InChI is InChI=1S/C28H28FN3O2S/c29-24-11-5-4-8-22(24)18-32-25-15-21(12-13-26(25)35-19-27(32)33)28(34)30-16-20-7-6-14-31(17-20)23-9-2-1-3-10-23/h1-5,8-13,15,20H,6-7,14,16-19H2,(H,30,34). The molecule has 1 atom stereocenters. The normalized spacial score (nSPS) is 17.7. The van der Waals surface area contributed by atoms with E-state index in [1.807, 2.05) is 12.1 Å². The third kappa shape index (κ3) is 5.35. The van der Waals surface area contributed by atoms with Crippen molar-refractivity contribution < 1.29 is 14.0 Å². The first kappa shape index (κ1) is 23.4. The maximum Gasteiger partial charge on any atom is 0.251 e. The summed E-state index contributed by atoms with van der Waals surface area (Å²) in [6.45, 7) is 2.69. The molecule has 0 bridgehead atoms. The maximum absolute atomic E-state index is 14.3. The topological polar surface area (TPSA) is 52.7 Å². The Morgan fingerprint density at radius 1 is 1.06 bits per heavy atom. The van der Waals surface area contributed by atoms with E-state index in [0.717, 1.165) is 30.8 Å². The quantitative estimate of drug-likeness (QED) is 0.523. The molecule has 2 amide bonds. The fourth-order valence-electron chi connectivity index (χ4n) is 4.76. The first-order valence-electron chi connectivity index (χ1n) is 12.0. The molecule has 1 unspecified atom stereocenters. The molecule has 0 spiro atoms. The Morgan fingerprint density at radius 2 is 1.86 bits per heavy atom. The van der Waals surface area contributed by atoms with Crippen molar-refractivity contribution in [1.29, 1.82) is 0 Å². The highest BCUT2D eigenvalue weighted by Gasteiger charge is 2.27. The fourth-order valence-corrected chi connectivity index (χ4v) is 5.67. The van der Waals surface area contributed by atoms with Gasteiger partial charge >= 0.3 is 0 Å². The van der Waals surface area contributed by atoms with Crippen molar-refractivity contribution in [2.75, 3.05) is 35.2 Å². The number of hydrogen-bond acceptors (Lipinski definition) is 4. The molecule has 2 aliphatic rings. The summed E-state index contributed by atoms with van der Waals surface area (Å²) in [6.07, 6.45) is 2.17. The molecule has 5 nitrogen and oxygen atoms in total. The molecule has 0 aromatic heterocycles. The van der Waals surface area contributed by atoms with E-state index >= 15 is 0 Å². The van der Waals surface area contributed by atoms with Crippen LogP contribution in [0.4, 0.5) is 15.8 Å². The van der Waals surface area contributed by atoms with E-state index in [9.17, 15) is 14.0 Å². The van der Waals surface area contributed by atoms with E-state index in [-0.39, 0.29) is 24.2 Å². The van der Waals surface area contributed by atoms with Crippen molar-refractivity contribution in [3.8, 4) is 0 Å². The number of carbonyl (C=O) groups is 2. The molecule has 1 fully saturated rings. The molecule has 3 aromatic carbocycles. The van der Waals surface area contributed by atoms with Crippen molar-refractivity contribution in [3.63, 3.8) is 0 Å². The van der Waals surface area contributed by atoms with Gasteiger partial charge in [-0.2, -0.15) is 0 Å². The zero-order chi connectivity index (χ0) is 24.2. The molecular formula is C28H28FN3O2S. The smallest absolute Gasteiger partial charge is 0.251 e. The Hall–Kier alpha value is -3.32. The highest BCUT2D eigenvalue weighted by Crippen LogP contribution is 2.37. The van der Waals surface area contributed by atoms with Crippen molar-refractivity contribution in [3.05, 3.63) is 89.7 Å². The van der Waals surface area contributed by atoms with Gasteiger partial charge in [0.15, 0.2) is 0 Å². The van der Waals surface area contributed by atoms with Crippen molar-refractivity contribution in [1.82, 2.24) is 5.32 Å². The number of thioether (sulfide) groups is 1.